The van der Waals surface area contributed by atoms with E-state index in [-0.39, 0.29) is 18.1 Å². The molecule has 4 heteroatoms. The zero-order valence-corrected chi connectivity index (χ0v) is 9.74. The van der Waals surface area contributed by atoms with E-state index >= 15 is 0 Å². The van der Waals surface area contributed by atoms with Crippen LogP contribution in [0.2, 0.25) is 0 Å². The second kappa shape index (κ2) is 5.64. The number of aliphatic hydroxyl groups excluding tert-OH is 1. The van der Waals surface area contributed by atoms with Crippen molar-refractivity contribution < 1.29 is 9.90 Å². The Hall–Kier alpha value is -0.610. The molecule has 16 heavy (non-hydrogen) atoms. The molecule has 2 fully saturated rings. The Morgan fingerprint density at radius 3 is 2.88 bits per heavy atom. The number of hydrogen-bond donors (Lipinski definition) is 3. The van der Waals surface area contributed by atoms with Gasteiger partial charge in [0.15, 0.2) is 0 Å². The molecule has 2 aliphatic rings. The molecule has 1 heterocycles. The van der Waals surface area contributed by atoms with Crippen LogP contribution < -0.4 is 10.6 Å². The van der Waals surface area contributed by atoms with Crippen LogP contribution in [0.15, 0.2) is 0 Å². The minimum atomic E-state index is -0.219. The molecular weight excluding hydrogens is 204 g/mol. The van der Waals surface area contributed by atoms with Gasteiger partial charge in [-0.05, 0) is 45.1 Å². The normalized spacial score (nSPS) is 34.9. The SMILES string of the molecule is O=C(CC1CCCN1)NC1CCCC(O)C1. The van der Waals surface area contributed by atoms with Crippen LogP contribution in [0.5, 0.6) is 0 Å². The first kappa shape index (κ1) is 11.9. The van der Waals surface area contributed by atoms with Crippen LogP contribution in [0.25, 0.3) is 0 Å². The Morgan fingerprint density at radius 2 is 2.19 bits per heavy atom. The van der Waals surface area contributed by atoms with Gasteiger partial charge in [-0.3, -0.25) is 4.79 Å². The summed E-state index contributed by atoms with van der Waals surface area (Å²) in [5.74, 6) is 0.138. The zero-order chi connectivity index (χ0) is 11.4. The van der Waals surface area contributed by atoms with Crippen LogP contribution in [-0.2, 0) is 4.79 Å². The van der Waals surface area contributed by atoms with E-state index in [0.29, 0.717) is 12.5 Å². The van der Waals surface area contributed by atoms with Gasteiger partial charge in [-0.1, -0.05) is 0 Å². The first-order valence-corrected chi connectivity index (χ1v) is 6.45. The summed E-state index contributed by atoms with van der Waals surface area (Å²) < 4.78 is 0. The van der Waals surface area contributed by atoms with Crippen LogP contribution in [0.4, 0.5) is 0 Å². The van der Waals surface area contributed by atoms with Crippen LogP contribution in [0, 0.1) is 0 Å². The van der Waals surface area contributed by atoms with Gasteiger partial charge < -0.3 is 15.7 Å². The molecule has 1 saturated carbocycles. The maximum Gasteiger partial charge on any atom is 0.221 e. The Bertz CT molecular complexity index is 239. The fourth-order valence-corrected chi connectivity index (χ4v) is 2.74. The van der Waals surface area contributed by atoms with Crippen molar-refractivity contribution in [2.24, 2.45) is 0 Å². The molecule has 92 valence electrons. The highest BCUT2D eigenvalue weighted by molar-refractivity contribution is 5.76. The molecule has 4 nitrogen and oxygen atoms in total. The number of amides is 1. The van der Waals surface area contributed by atoms with Gasteiger partial charge in [0.2, 0.25) is 5.91 Å². The molecule has 0 bridgehead atoms. The third-order valence-corrected chi connectivity index (χ3v) is 3.61. The lowest BCUT2D eigenvalue weighted by atomic mass is 9.93. The second-order valence-electron chi connectivity index (χ2n) is 5.08. The smallest absolute Gasteiger partial charge is 0.221 e. The maximum atomic E-state index is 11.7. The highest BCUT2D eigenvalue weighted by Gasteiger charge is 2.23. The number of hydrogen-bond acceptors (Lipinski definition) is 3. The van der Waals surface area contributed by atoms with E-state index in [4.69, 9.17) is 0 Å². The molecule has 3 N–H and O–H groups in total. The van der Waals surface area contributed by atoms with Gasteiger partial charge in [-0.15, -0.1) is 0 Å². The fraction of sp³-hybridized carbons (Fsp3) is 0.917. The molecule has 1 saturated heterocycles. The van der Waals surface area contributed by atoms with Gasteiger partial charge >= 0.3 is 0 Å². The maximum absolute atomic E-state index is 11.7. The highest BCUT2D eigenvalue weighted by Crippen LogP contribution is 2.18. The van der Waals surface area contributed by atoms with Crippen LogP contribution >= 0.6 is 0 Å². The van der Waals surface area contributed by atoms with Gasteiger partial charge in [-0.25, -0.2) is 0 Å². The van der Waals surface area contributed by atoms with E-state index in [0.717, 1.165) is 38.6 Å². The largest absolute Gasteiger partial charge is 0.393 e. The second-order valence-corrected chi connectivity index (χ2v) is 5.08. The van der Waals surface area contributed by atoms with Crippen molar-refractivity contribution in [1.29, 1.82) is 0 Å². The van der Waals surface area contributed by atoms with Crippen molar-refractivity contribution in [3.8, 4) is 0 Å². The van der Waals surface area contributed by atoms with Gasteiger partial charge in [0, 0.05) is 18.5 Å². The molecule has 0 aromatic carbocycles. The molecule has 3 unspecified atom stereocenters. The topological polar surface area (TPSA) is 61.4 Å². The molecule has 1 aliphatic carbocycles. The summed E-state index contributed by atoms with van der Waals surface area (Å²) in [5.41, 5.74) is 0. The Kier molecular flexibility index (Phi) is 4.18. The lowest BCUT2D eigenvalue weighted by molar-refractivity contribution is -0.122. The van der Waals surface area contributed by atoms with Crippen LogP contribution in [0.3, 0.4) is 0 Å². The summed E-state index contributed by atoms with van der Waals surface area (Å²) in [6.07, 6.45) is 6.31. The van der Waals surface area contributed by atoms with Crippen LogP contribution in [-0.4, -0.2) is 35.7 Å². The molecule has 0 aromatic heterocycles. The number of carbonyl (C=O) groups is 1. The summed E-state index contributed by atoms with van der Waals surface area (Å²) >= 11 is 0. The summed E-state index contributed by atoms with van der Waals surface area (Å²) in [5, 5.41) is 15.9. The van der Waals surface area contributed by atoms with Crippen molar-refractivity contribution in [2.75, 3.05) is 6.54 Å². The Balaban J connectivity index is 1.69. The van der Waals surface area contributed by atoms with Crippen molar-refractivity contribution in [3.63, 3.8) is 0 Å². The van der Waals surface area contributed by atoms with E-state index in [9.17, 15) is 9.90 Å². The lowest BCUT2D eigenvalue weighted by Gasteiger charge is -2.27. The molecule has 0 radical (unpaired) electrons. The number of aliphatic hydroxyl groups is 1. The number of rotatable bonds is 3. The molecule has 0 aromatic rings. The quantitative estimate of drug-likeness (QED) is 0.658. The van der Waals surface area contributed by atoms with Crippen molar-refractivity contribution >= 4 is 5.91 Å². The third kappa shape index (κ3) is 3.46. The molecule has 3 atom stereocenters. The Morgan fingerprint density at radius 1 is 1.31 bits per heavy atom. The van der Waals surface area contributed by atoms with Gasteiger partial charge in [0.1, 0.15) is 0 Å². The molecule has 0 spiro atoms. The lowest BCUT2D eigenvalue weighted by Crippen LogP contribution is -2.41. The first-order chi connectivity index (χ1) is 7.74. The molecule has 1 amide bonds. The zero-order valence-electron chi connectivity index (χ0n) is 9.74. The van der Waals surface area contributed by atoms with E-state index in [2.05, 4.69) is 10.6 Å². The summed E-state index contributed by atoms with van der Waals surface area (Å²) in [4.78, 5) is 11.7. The van der Waals surface area contributed by atoms with E-state index < -0.39 is 0 Å². The summed E-state index contributed by atoms with van der Waals surface area (Å²) in [6, 6.07) is 0.561. The summed E-state index contributed by atoms with van der Waals surface area (Å²) in [6.45, 7) is 1.04. The first-order valence-electron chi connectivity index (χ1n) is 6.45. The monoisotopic (exact) mass is 226 g/mol. The Labute approximate surface area is 96.8 Å². The standard InChI is InChI=1S/C12H22N2O2/c15-11-5-1-3-10(7-11)14-12(16)8-9-4-2-6-13-9/h9-11,13,15H,1-8H2,(H,14,16). The van der Waals surface area contributed by atoms with Gasteiger partial charge in [-0.2, -0.15) is 0 Å². The van der Waals surface area contributed by atoms with Gasteiger partial charge in [0.05, 0.1) is 6.10 Å². The molecular formula is C12H22N2O2. The van der Waals surface area contributed by atoms with Crippen molar-refractivity contribution in [1.82, 2.24) is 10.6 Å². The third-order valence-electron chi connectivity index (χ3n) is 3.61. The minimum Gasteiger partial charge on any atom is -0.393 e. The average Bonchev–Trinajstić information content (AvgIpc) is 2.70. The van der Waals surface area contributed by atoms with Crippen molar-refractivity contribution in [2.45, 2.75) is 63.1 Å². The predicted octanol–water partition coefficient (Wildman–Crippen LogP) is 0.548. The average molecular weight is 226 g/mol. The molecule has 1 aliphatic heterocycles. The van der Waals surface area contributed by atoms with Gasteiger partial charge in [0.25, 0.3) is 0 Å². The highest BCUT2D eigenvalue weighted by atomic mass is 16.3. The van der Waals surface area contributed by atoms with Crippen molar-refractivity contribution in [3.05, 3.63) is 0 Å². The number of nitrogens with one attached hydrogen (secondary N) is 2. The fourth-order valence-electron chi connectivity index (χ4n) is 2.74. The van der Waals surface area contributed by atoms with E-state index in [1.807, 2.05) is 0 Å². The van der Waals surface area contributed by atoms with E-state index in [1.165, 1.54) is 6.42 Å². The van der Waals surface area contributed by atoms with E-state index in [1.54, 1.807) is 0 Å². The summed E-state index contributed by atoms with van der Waals surface area (Å²) in [7, 11) is 0. The predicted molar refractivity (Wildman–Crippen MR) is 62.0 cm³/mol. The number of carbonyl (C=O) groups excluding carboxylic acids is 1. The minimum absolute atomic E-state index is 0.138. The molecule has 2 rings (SSSR count). The van der Waals surface area contributed by atoms with Crippen LogP contribution in [0.1, 0.15) is 44.9 Å².